The Hall–Kier alpha value is -1.04. The molecule has 0 aromatic carbocycles. The van der Waals surface area contributed by atoms with E-state index in [9.17, 15) is 4.79 Å². The molecule has 2 rings (SSSR count). The average Bonchev–Trinajstić information content (AvgIpc) is 2.89. The molecule has 1 aliphatic heterocycles. The maximum absolute atomic E-state index is 12.3. The van der Waals surface area contributed by atoms with Crippen LogP contribution < -0.4 is 5.73 Å². The summed E-state index contributed by atoms with van der Waals surface area (Å²) in [6.45, 7) is 7.97. The number of nitrogens with zero attached hydrogens (tertiary/aromatic N) is 3. The number of nitrogen functional groups attached to an aromatic ring is 1. The van der Waals surface area contributed by atoms with E-state index < -0.39 is 0 Å². The SMILES string of the molecule is CCN(CC)C1CCN(C(=O)c2cccc(N)n2)C1.Cl.Cl. The van der Waals surface area contributed by atoms with Crippen LogP contribution in [0.1, 0.15) is 30.8 Å². The monoisotopic (exact) mass is 334 g/mol. The van der Waals surface area contributed by atoms with Crippen LogP contribution in [-0.2, 0) is 0 Å². The van der Waals surface area contributed by atoms with Gasteiger partial charge in [-0.3, -0.25) is 9.69 Å². The number of anilines is 1. The molecule has 0 saturated carbocycles. The molecule has 1 aromatic rings. The summed E-state index contributed by atoms with van der Waals surface area (Å²) < 4.78 is 0. The number of pyridine rings is 1. The standard InChI is InChI=1S/C14H22N4O.2ClH/c1-3-17(4-2)11-8-9-18(10-11)14(19)12-6-5-7-13(15)16-12;;/h5-7,11H,3-4,8-10H2,1-2H3,(H2,15,16);2*1H. The summed E-state index contributed by atoms with van der Waals surface area (Å²) in [6.07, 6.45) is 1.04. The minimum atomic E-state index is -0.0121. The number of likely N-dealkylation sites (N-methyl/N-ethyl adjacent to an activating group) is 1. The Morgan fingerprint density at radius 3 is 2.62 bits per heavy atom. The van der Waals surface area contributed by atoms with E-state index in [0.717, 1.165) is 32.6 Å². The Labute approximate surface area is 138 Å². The fraction of sp³-hybridized carbons (Fsp3) is 0.571. The first-order valence-corrected chi connectivity index (χ1v) is 6.91. The third-order valence-electron chi connectivity index (χ3n) is 3.77. The number of carbonyl (C=O) groups is 1. The normalized spacial score (nSPS) is 17.3. The van der Waals surface area contributed by atoms with Crippen molar-refractivity contribution in [1.29, 1.82) is 0 Å². The first-order valence-electron chi connectivity index (χ1n) is 6.91. The first-order chi connectivity index (χ1) is 9.15. The quantitative estimate of drug-likeness (QED) is 0.915. The predicted molar refractivity (Wildman–Crippen MR) is 90.4 cm³/mol. The van der Waals surface area contributed by atoms with Gasteiger partial charge in [0.25, 0.3) is 5.91 Å². The van der Waals surface area contributed by atoms with Gasteiger partial charge in [-0.1, -0.05) is 19.9 Å². The predicted octanol–water partition coefficient (Wildman–Crippen LogP) is 2.06. The van der Waals surface area contributed by atoms with Crippen molar-refractivity contribution in [3.8, 4) is 0 Å². The highest BCUT2D eigenvalue weighted by Crippen LogP contribution is 2.17. The zero-order valence-corrected chi connectivity index (χ0v) is 14.1. The number of amides is 1. The Kier molecular flexibility index (Phi) is 8.63. The fourth-order valence-corrected chi connectivity index (χ4v) is 2.70. The summed E-state index contributed by atoms with van der Waals surface area (Å²) in [5.41, 5.74) is 6.07. The lowest BCUT2D eigenvalue weighted by molar-refractivity contribution is 0.0772. The third-order valence-corrected chi connectivity index (χ3v) is 3.77. The second-order valence-electron chi connectivity index (χ2n) is 4.86. The molecule has 1 fully saturated rings. The van der Waals surface area contributed by atoms with E-state index in [1.54, 1.807) is 18.2 Å². The van der Waals surface area contributed by atoms with Gasteiger partial charge < -0.3 is 10.6 Å². The third kappa shape index (κ3) is 4.73. The van der Waals surface area contributed by atoms with Crippen molar-refractivity contribution < 1.29 is 4.79 Å². The molecular formula is C14H24Cl2N4O. The molecular weight excluding hydrogens is 311 g/mol. The Morgan fingerprint density at radius 1 is 1.38 bits per heavy atom. The van der Waals surface area contributed by atoms with E-state index in [4.69, 9.17) is 5.73 Å². The molecule has 0 radical (unpaired) electrons. The number of aromatic nitrogens is 1. The summed E-state index contributed by atoms with van der Waals surface area (Å²) in [5, 5.41) is 0. The number of carbonyl (C=O) groups excluding carboxylic acids is 1. The largest absolute Gasteiger partial charge is 0.384 e. The first kappa shape index (κ1) is 20.0. The topological polar surface area (TPSA) is 62.5 Å². The number of hydrogen-bond donors (Lipinski definition) is 1. The highest BCUT2D eigenvalue weighted by atomic mass is 35.5. The van der Waals surface area contributed by atoms with Crippen molar-refractivity contribution in [1.82, 2.24) is 14.8 Å². The lowest BCUT2D eigenvalue weighted by Crippen LogP contribution is -2.38. The number of nitrogens with two attached hydrogens (primary N) is 1. The highest BCUT2D eigenvalue weighted by Gasteiger charge is 2.30. The van der Waals surface area contributed by atoms with E-state index in [-0.39, 0.29) is 30.7 Å². The van der Waals surface area contributed by atoms with Gasteiger partial charge in [0.05, 0.1) is 0 Å². The second kappa shape index (κ2) is 9.07. The van der Waals surface area contributed by atoms with Crippen molar-refractivity contribution in [2.75, 3.05) is 31.9 Å². The molecule has 5 nitrogen and oxygen atoms in total. The van der Waals surface area contributed by atoms with Crippen LogP contribution in [0.2, 0.25) is 0 Å². The van der Waals surface area contributed by atoms with Crippen LogP contribution in [0.25, 0.3) is 0 Å². The molecule has 1 amide bonds. The lowest BCUT2D eigenvalue weighted by Gasteiger charge is -2.26. The van der Waals surface area contributed by atoms with Crippen molar-refractivity contribution >= 4 is 36.5 Å². The summed E-state index contributed by atoms with van der Waals surface area (Å²) in [7, 11) is 0. The summed E-state index contributed by atoms with van der Waals surface area (Å²) in [4.78, 5) is 20.7. The minimum Gasteiger partial charge on any atom is -0.384 e. The van der Waals surface area contributed by atoms with E-state index in [2.05, 4.69) is 23.7 Å². The van der Waals surface area contributed by atoms with E-state index in [1.807, 2.05) is 4.90 Å². The van der Waals surface area contributed by atoms with Crippen LogP contribution in [0.4, 0.5) is 5.82 Å². The van der Waals surface area contributed by atoms with Gasteiger partial charge in [0.2, 0.25) is 0 Å². The van der Waals surface area contributed by atoms with Crippen LogP contribution in [0, 0.1) is 0 Å². The molecule has 1 aromatic heterocycles. The van der Waals surface area contributed by atoms with Crippen LogP contribution in [0.15, 0.2) is 18.2 Å². The van der Waals surface area contributed by atoms with Gasteiger partial charge in [-0.05, 0) is 31.6 Å². The molecule has 0 bridgehead atoms. The van der Waals surface area contributed by atoms with Crippen LogP contribution in [0.3, 0.4) is 0 Å². The maximum Gasteiger partial charge on any atom is 0.272 e. The molecule has 1 atom stereocenters. The van der Waals surface area contributed by atoms with Crippen molar-refractivity contribution in [2.24, 2.45) is 0 Å². The molecule has 1 unspecified atom stereocenters. The number of hydrogen-bond acceptors (Lipinski definition) is 4. The molecule has 0 aliphatic carbocycles. The Morgan fingerprint density at radius 2 is 2.05 bits per heavy atom. The lowest BCUT2D eigenvalue weighted by atomic mass is 10.2. The average molecular weight is 335 g/mol. The van der Waals surface area contributed by atoms with E-state index >= 15 is 0 Å². The summed E-state index contributed by atoms with van der Waals surface area (Å²) >= 11 is 0. The Balaban J connectivity index is 0.00000200. The molecule has 21 heavy (non-hydrogen) atoms. The van der Waals surface area contributed by atoms with E-state index in [1.165, 1.54) is 0 Å². The summed E-state index contributed by atoms with van der Waals surface area (Å²) in [5.74, 6) is 0.382. The zero-order chi connectivity index (χ0) is 13.8. The van der Waals surface area contributed by atoms with E-state index in [0.29, 0.717) is 17.6 Å². The molecule has 2 heterocycles. The molecule has 1 saturated heterocycles. The van der Waals surface area contributed by atoms with Gasteiger partial charge in [-0.25, -0.2) is 4.98 Å². The summed E-state index contributed by atoms with van der Waals surface area (Å²) in [6, 6.07) is 5.66. The number of rotatable bonds is 4. The van der Waals surface area contributed by atoms with Gasteiger partial charge >= 0.3 is 0 Å². The van der Waals surface area contributed by atoms with Crippen LogP contribution >= 0.6 is 24.8 Å². The van der Waals surface area contributed by atoms with Gasteiger partial charge in [-0.2, -0.15) is 0 Å². The van der Waals surface area contributed by atoms with Crippen molar-refractivity contribution in [3.05, 3.63) is 23.9 Å². The highest BCUT2D eigenvalue weighted by molar-refractivity contribution is 5.92. The zero-order valence-electron chi connectivity index (χ0n) is 12.5. The van der Waals surface area contributed by atoms with Gasteiger partial charge in [-0.15, -0.1) is 24.8 Å². The number of halogens is 2. The molecule has 2 N–H and O–H groups in total. The Bertz CT molecular complexity index is 454. The maximum atomic E-state index is 12.3. The molecule has 0 spiro atoms. The smallest absolute Gasteiger partial charge is 0.272 e. The fourth-order valence-electron chi connectivity index (χ4n) is 2.70. The number of likely N-dealkylation sites (tertiary alicyclic amines) is 1. The van der Waals surface area contributed by atoms with Gasteiger partial charge in [0.15, 0.2) is 0 Å². The minimum absolute atomic E-state index is 0. The van der Waals surface area contributed by atoms with Gasteiger partial charge in [0.1, 0.15) is 11.5 Å². The van der Waals surface area contributed by atoms with Crippen LogP contribution in [0.5, 0.6) is 0 Å². The molecule has 120 valence electrons. The van der Waals surface area contributed by atoms with Crippen molar-refractivity contribution in [3.63, 3.8) is 0 Å². The molecule has 7 heteroatoms. The second-order valence-corrected chi connectivity index (χ2v) is 4.86. The van der Waals surface area contributed by atoms with Gasteiger partial charge in [0, 0.05) is 19.1 Å². The molecule has 1 aliphatic rings. The van der Waals surface area contributed by atoms with Crippen LogP contribution in [-0.4, -0.2) is 52.9 Å². The van der Waals surface area contributed by atoms with Crippen molar-refractivity contribution in [2.45, 2.75) is 26.3 Å².